The van der Waals surface area contributed by atoms with Crippen molar-refractivity contribution in [3.8, 4) is 6.07 Å². The lowest BCUT2D eigenvalue weighted by atomic mass is 9.57. The summed E-state index contributed by atoms with van der Waals surface area (Å²) in [5.74, 6) is 0.119. The van der Waals surface area contributed by atoms with Crippen LogP contribution in [-0.2, 0) is 0 Å². The zero-order chi connectivity index (χ0) is 12.6. The van der Waals surface area contributed by atoms with E-state index in [9.17, 15) is 10.4 Å². The Hall–Kier alpha value is -0.550. The molecule has 0 aliphatic heterocycles. The van der Waals surface area contributed by atoms with Crippen LogP contribution in [0.15, 0.2) is 0 Å². The Bertz CT molecular complexity index is 286. The van der Waals surface area contributed by atoms with Crippen molar-refractivity contribution in [2.45, 2.75) is 65.9 Å². The zero-order valence-corrected chi connectivity index (χ0v) is 11.3. The molecule has 0 heterocycles. The van der Waals surface area contributed by atoms with E-state index >= 15 is 0 Å². The highest BCUT2D eigenvalue weighted by atomic mass is 16.3. The summed E-state index contributed by atoms with van der Waals surface area (Å²) in [6.45, 7) is 10.3. The Morgan fingerprint density at radius 1 is 1.19 bits per heavy atom. The Morgan fingerprint density at radius 3 is 1.94 bits per heavy atom. The lowest BCUT2D eigenvalue weighted by Gasteiger charge is -2.48. The third-order valence-corrected chi connectivity index (χ3v) is 4.76. The molecule has 0 spiro atoms. The van der Waals surface area contributed by atoms with Gasteiger partial charge in [0.15, 0.2) is 0 Å². The number of rotatable bonds is 2. The predicted octanol–water partition coefficient (Wildman–Crippen LogP) is 3.50. The maximum Gasteiger partial charge on any atom is 0.0860 e. The summed E-state index contributed by atoms with van der Waals surface area (Å²) in [5, 5.41) is 20.1. The van der Waals surface area contributed by atoms with Gasteiger partial charge in [-0.1, -0.05) is 27.7 Å². The van der Waals surface area contributed by atoms with E-state index in [2.05, 4.69) is 19.9 Å². The maximum atomic E-state index is 10.6. The smallest absolute Gasteiger partial charge is 0.0860 e. The van der Waals surface area contributed by atoms with Crippen LogP contribution in [0.2, 0.25) is 0 Å². The first-order valence-corrected chi connectivity index (χ1v) is 6.30. The van der Waals surface area contributed by atoms with Crippen LogP contribution in [0.5, 0.6) is 0 Å². The number of hydrogen-bond donors (Lipinski definition) is 1. The molecule has 1 aliphatic carbocycles. The van der Waals surface area contributed by atoms with Crippen molar-refractivity contribution in [2.24, 2.45) is 16.7 Å². The Kier molecular flexibility index (Phi) is 3.41. The molecule has 1 unspecified atom stereocenters. The molecular formula is C14H25NO. The van der Waals surface area contributed by atoms with Crippen LogP contribution in [0.4, 0.5) is 0 Å². The van der Waals surface area contributed by atoms with Crippen LogP contribution >= 0.6 is 0 Å². The van der Waals surface area contributed by atoms with E-state index in [1.807, 2.05) is 20.8 Å². The molecule has 2 nitrogen and oxygen atoms in total. The molecule has 1 atom stereocenters. The summed E-state index contributed by atoms with van der Waals surface area (Å²) in [4.78, 5) is 0. The minimum absolute atomic E-state index is 0.119. The first-order valence-electron chi connectivity index (χ1n) is 6.30. The number of hydrogen-bond acceptors (Lipinski definition) is 2. The summed E-state index contributed by atoms with van der Waals surface area (Å²) < 4.78 is 0. The molecule has 0 amide bonds. The molecule has 92 valence electrons. The third kappa shape index (κ3) is 2.11. The SMILES string of the molecule is CC(C)C(C)(O)C1(C#N)CCC(C)(C)CC1. The van der Waals surface area contributed by atoms with Crippen molar-refractivity contribution < 1.29 is 5.11 Å². The molecule has 16 heavy (non-hydrogen) atoms. The Labute approximate surface area is 99.7 Å². The number of nitriles is 1. The van der Waals surface area contributed by atoms with E-state index in [0.29, 0.717) is 5.41 Å². The molecule has 0 bridgehead atoms. The largest absolute Gasteiger partial charge is 0.388 e. The van der Waals surface area contributed by atoms with E-state index in [-0.39, 0.29) is 5.92 Å². The van der Waals surface area contributed by atoms with E-state index in [0.717, 1.165) is 25.7 Å². The van der Waals surface area contributed by atoms with Gasteiger partial charge in [0, 0.05) is 0 Å². The number of nitrogens with zero attached hydrogens (tertiary/aromatic N) is 1. The van der Waals surface area contributed by atoms with Crippen LogP contribution < -0.4 is 0 Å². The van der Waals surface area contributed by atoms with E-state index in [1.54, 1.807) is 0 Å². The van der Waals surface area contributed by atoms with Crippen molar-refractivity contribution in [3.05, 3.63) is 0 Å². The normalized spacial score (nSPS) is 27.1. The first kappa shape index (κ1) is 13.5. The third-order valence-electron chi connectivity index (χ3n) is 4.76. The van der Waals surface area contributed by atoms with Gasteiger partial charge < -0.3 is 5.11 Å². The van der Waals surface area contributed by atoms with Gasteiger partial charge in [-0.25, -0.2) is 0 Å². The first-order chi connectivity index (χ1) is 7.17. The number of aliphatic hydroxyl groups is 1. The highest BCUT2D eigenvalue weighted by Gasteiger charge is 2.52. The maximum absolute atomic E-state index is 10.6. The average molecular weight is 223 g/mol. The molecule has 1 N–H and O–H groups in total. The van der Waals surface area contributed by atoms with E-state index in [4.69, 9.17) is 0 Å². The summed E-state index contributed by atoms with van der Waals surface area (Å²) in [7, 11) is 0. The second kappa shape index (κ2) is 4.04. The van der Waals surface area contributed by atoms with Gasteiger partial charge in [-0.15, -0.1) is 0 Å². The quantitative estimate of drug-likeness (QED) is 0.778. The highest BCUT2D eigenvalue weighted by molar-refractivity contribution is 5.13. The van der Waals surface area contributed by atoms with Gasteiger partial charge in [-0.2, -0.15) is 5.26 Å². The lowest BCUT2D eigenvalue weighted by molar-refractivity contribution is -0.102. The molecule has 1 aliphatic rings. The summed E-state index contributed by atoms with van der Waals surface area (Å²) in [6.07, 6.45) is 3.70. The van der Waals surface area contributed by atoms with Crippen LogP contribution in [-0.4, -0.2) is 10.7 Å². The van der Waals surface area contributed by atoms with Crippen molar-refractivity contribution in [1.82, 2.24) is 0 Å². The lowest BCUT2D eigenvalue weighted by Crippen LogP contribution is -2.51. The molecular weight excluding hydrogens is 198 g/mol. The molecule has 0 aromatic carbocycles. The minimum Gasteiger partial charge on any atom is -0.388 e. The molecule has 1 saturated carbocycles. The molecule has 0 aromatic heterocycles. The van der Waals surface area contributed by atoms with Gasteiger partial charge in [0.1, 0.15) is 0 Å². The molecule has 1 fully saturated rings. The predicted molar refractivity (Wildman–Crippen MR) is 65.8 cm³/mol. The van der Waals surface area contributed by atoms with Gasteiger partial charge in [-0.3, -0.25) is 0 Å². The fourth-order valence-corrected chi connectivity index (χ4v) is 2.64. The minimum atomic E-state index is -0.877. The summed E-state index contributed by atoms with van der Waals surface area (Å²) >= 11 is 0. The zero-order valence-electron chi connectivity index (χ0n) is 11.3. The Balaban J connectivity index is 2.95. The van der Waals surface area contributed by atoms with Crippen molar-refractivity contribution in [3.63, 3.8) is 0 Å². The van der Waals surface area contributed by atoms with Crippen LogP contribution in [0.25, 0.3) is 0 Å². The summed E-state index contributed by atoms with van der Waals surface area (Å²) in [6, 6.07) is 2.43. The monoisotopic (exact) mass is 223 g/mol. The molecule has 0 aromatic rings. The van der Waals surface area contributed by atoms with Crippen molar-refractivity contribution >= 4 is 0 Å². The standard InChI is InChI=1S/C14H25NO/c1-11(2)13(5,16)14(10-15)8-6-12(3,4)7-9-14/h11,16H,6-9H2,1-5H3. The second-order valence-corrected chi connectivity index (χ2v) is 6.66. The molecule has 2 heteroatoms. The topological polar surface area (TPSA) is 44.0 Å². The highest BCUT2D eigenvalue weighted by Crippen LogP contribution is 2.52. The Morgan fingerprint density at radius 2 is 1.62 bits per heavy atom. The molecule has 0 saturated heterocycles. The fourth-order valence-electron chi connectivity index (χ4n) is 2.64. The summed E-state index contributed by atoms with van der Waals surface area (Å²) in [5.41, 5.74) is -1.09. The van der Waals surface area contributed by atoms with Crippen LogP contribution in [0.3, 0.4) is 0 Å². The van der Waals surface area contributed by atoms with E-state index < -0.39 is 11.0 Å². The average Bonchev–Trinajstić information content (AvgIpc) is 2.18. The molecule has 0 radical (unpaired) electrons. The van der Waals surface area contributed by atoms with Crippen molar-refractivity contribution in [1.29, 1.82) is 5.26 Å². The van der Waals surface area contributed by atoms with Gasteiger partial charge in [0.2, 0.25) is 0 Å². The second-order valence-electron chi connectivity index (χ2n) is 6.66. The fraction of sp³-hybridized carbons (Fsp3) is 0.929. The van der Waals surface area contributed by atoms with Gasteiger partial charge >= 0.3 is 0 Å². The van der Waals surface area contributed by atoms with Gasteiger partial charge in [0.25, 0.3) is 0 Å². The van der Waals surface area contributed by atoms with Gasteiger partial charge in [0.05, 0.1) is 17.1 Å². The van der Waals surface area contributed by atoms with Crippen molar-refractivity contribution in [2.75, 3.05) is 0 Å². The van der Waals surface area contributed by atoms with E-state index in [1.165, 1.54) is 0 Å². The van der Waals surface area contributed by atoms with Crippen LogP contribution in [0.1, 0.15) is 60.3 Å². The molecule has 1 rings (SSSR count). The van der Waals surface area contributed by atoms with Crippen LogP contribution in [0, 0.1) is 28.1 Å². The van der Waals surface area contributed by atoms with Gasteiger partial charge in [-0.05, 0) is 43.9 Å².